The number of carbonyl (C=O) groups excluding carboxylic acids is 1. The molecule has 2 aromatic rings. The Labute approximate surface area is 161 Å². The van der Waals surface area contributed by atoms with Gasteiger partial charge in [0.15, 0.2) is 0 Å². The molecule has 1 heterocycles. The molecule has 1 unspecified atom stereocenters. The first-order valence-electron chi connectivity index (χ1n) is 9.55. The Morgan fingerprint density at radius 3 is 2.37 bits per heavy atom. The second kappa shape index (κ2) is 9.53. The molecule has 0 spiro atoms. The molecule has 1 aliphatic rings. The first kappa shape index (κ1) is 19.4. The van der Waals surface area contributed by atoms with Gasteiger partial charge in [0.1, 0.15) is 5.75 Å². The lowest BCUT2D eigenvalue weighted by Crippen LogP contribution is -2.48. The van der Waals surface area contributed by atoms with Crippen molar-refractivity contribution in [3.05, 3.63) is 65.7 Å². The fraction of sp³-hybridized carbons (Fsp3) is 0.409. The number of ether oxygens (including phenoxy) is 1. The normalized spacial score (nSPS) is 16.1. The molecule has 1 saturated heterocycles. The Balaban J connectivity index is 1.78. The van der Waals surface area contributed by atoms with Crippen molar-refractivity contribution in [2.24, 2.45) is 0 Å². The van der Waals surface area contributed by atoms with Crippen molar-refractivity contribution in [2.45, 2.75) is 31.3 Å². The van der Waals surface area contributed by atoms with Crippen molar-refractivity contribution in [1.29, 1.82) is 0 Å². The minimum atomic E-state index is -0.381. The second-order valence-electron chi connectivity index (χ2n) is 6.95. The van der Waals surface area contributed by atoms with Gasteiger partial charge in [0.05, 0.1) is 25.8 Å². The molecule has 0 aliphatic carbocycles. The van der Waals surface area contributed by atoms with Crippen LogP contribution in [0.3, 0.4) is 0 Å². The van der Waals surface area contributed by atoms with Crippen LogP contribution in [0.1, 0.15) is 30.0 Å². The zero-order chi connectivity index (χ0) is 19.1. The number of aliphatic hydroxyl groups excluding tert-OH is 1. The lowest BCUT2D eigenvalue weighted by atomic mass is 10.0. The average molecular weight is 368 g/mol. The molecule has 5 nitrogen and oxygen atoms in total. The van der Waals surface area contributed by atoms with Gasteiger partial charge in [-0.15, -0.1) is 0 Å². The summed E-state index contributed by atoms with van der Waals surface area (Å²) < 4.78 is 5.22. The maximum absolute atomic E-state index is 13.1. The van der Waals surface area contributed by atoms with Crippen LogP contribution in [0.4, 0.5) is 0 Å². The molecule has 2 aromatic carbocycles. The van der Waals surface area contributed by atoms with Crippen molar-refractivity contribution in [3.63, 3.8) is 0 Å². The van der Waals surface area contributed by atoms with Crippen LogP contribution >= 0.6 is 0 Å². The van der Waals surface area contributed by atoms with E-state index in [-0.39, 0.29) is 24.6 Å². The zero-order valence-corrected chi connectivity index (χ0v) is 15.8. The van der Waals surface area contributed by atoms with Crippen molar-refractivity contribution in [2.75, 3.05) is 26.8 Å². The predicted octanol–water partition coefficient (Wildman–Crippen LogP) is 2.55. The molecule has 27 heavy (non-hydrogen) atoms. The number of methoxy groups -OCH3 is 1. The smallest absolute Gasteiger partial charge is 0.240 e. The molecule has 0 radical (unpaired) electrons. The second-order valence-corrected chi connectivity index (χ2v) is 6.95. The Morgan fingerprint density at radius 1 is 1.11 bits per heavy atom. The van der Waals surface area contributed by atoms with E-state index >= 15 is 0 Å². The molecule has 2 atom stereocenters. The highest BCUT2D eigenvalue weighted by atomic mass is 16.5. The highest BCUT2D eigenvalue weighted by Gasteiger charge is 2.28. The fourth-order valence-corrected chi connectivity index (χ4v) is 3.56. The molecule has 1 aliphatic heterocycles. The number of hydrogen-bond acceptors (Lipinski definition) is 4. The Hall–Kier alpha value is -2.37. The van der Waals surface area contributed by atoms with Crippen LogP contribution in [-0.2, 0) is 11.2 Å². The van der Waals surface area contributed by atoms with Crippen molar-refractivity contribution in [3.8, 4) is 5.75 Å². The number of nitrogens with zero attached hydrogens (tertiary/aromatic N) is 1. The fourth-order valence-electron chi connectivity index (χ4n) is 3.56. The first-order chi connectivity index (χ1) is 13.2. The molecule has 144 valence electrons. The van der Waals surface area contributed by atoms with Crippen LogP contribution in [0.5, 0.6) is 5.75 Å². The molecule has 0 aromatic heterocycles. The molecule has 0 saturated carbocycles. The van der Waals surface area contributed by atoms with E-state index in [0.717, 1.165) is 42.8 Å². The van der Waals surface area contributed by atoms with E-state index in [4.69, 9.17) is 4.74 Å². The summed E-state index contributed by atoms with van der Waals surface area (Å²) in [5.41, 5.74) is 2.04. The van der Waals surface area contributed by atoms with Gasteiger partial charge in [-0.2, -0.15) is 0 Å². The predicted molar refractivity (Wildman–Crippen MR) is 106 cm³/mol. The third kappa shape index (κ3) is 5.08. The number of rotatable bonds is 8. The van der Waals surface area contributed by atoms with Crippen LogP contribution < -0.4 is 10.1 Å². The average Bonchev–Trinajstić information content (AvgIpc) is 3.26. The monoisotopic (exact) mass is 368 g/mol. The Bertz CT molecular complexity index is 712. The topological polar surface area (TPSA) is 61.8 Å². The summed E-state index contributed by atoms with van der Waals surface area (Å²) >= 11 is 0. The van der Waals surface area contributed by atoms with Gasteiger partial charge in [0, 0.05) is 13.1 Å². The number of likely N-dealkylation sites (tertiary alicyclic amines) is 1. The third-order valence-electron chi connectivity index (χ3n) is 5.10. The van der Waals surface area contributed by atoms with Crippen LogP contribution in [0.25, 0.3) is 0 Å². The summed E-state index contributed by atoms with van der Waals surface area (Å²) in [4.78, 5) is 15.0. The standard InChI is InChI=1S/C22H28N2O3/c1-27-19-11-9-17(10-12-19)15-20(22(26)24-13-5-6-14-24)23-21(16-25)18-7-3-2-4-8-18/h2-4,7-12,20-21,23,25H,5-6,13-16H2,1H3/t20-,21?/m0/s1. The highest BCUT2D eigenvalue weighted by molar-refractivity contribution is 5.82. The van der Waals surface area contributed by atoms with Gasteiger partial charge in [-0.1, -0.05) is 42.5 Å². The zero-order valence-electron chi connectivity index (χ0n) is 15.8. The number of amides is 1. The molecular formula is C22H28N2O3. The van der Waals surface area contributed by atoms with Gasteiger partial charge in [-0.25, -0.2) is 0 Å². The summed E-state index contributed by atoms with van der Waals surface area (Å²) in [5, 5.41) is 13.3. The van der Waals surface area contributed by atoms with Crippen LogP contribution in [0, 0.1) is 0 Å². The van der Waals surface area contributed by atoms with E-state index < -0.39 is 0 Å². The van der Waals surface area contributed by atoms with E-state index in [1.165, 1.54) is 0 Å². The SMILES string of the molecule is COc1ccc(C[C@H](NC(CO)c2ccccc2)C(=O)N2CCCC2)cc1. The Kier molecular flexibility index (Phi) is 6.85. The third-order valence-corrected chi connectivity index (χ3v) is 5.10. The summed E-state index contributed by atoms with van der Waals surface area (Å²) in [6.45, 7) is 1.57. The van der Waals surface area contributed by atoms with Crippen molar-refractivity contribution < 1.29 is 14.6 Å². The van der Waals surface area contributed by atoms with Gasteiger partial charge in [-0.3, -0.25) is 10.1 Å². The lowest BCUT2D eigenvalue weighted by Gasteiger charge is -2.28. The summed E-state index contributed by atoms with van der Waals surface area (Å²) in [5.74, 6) is 0.907. The molecule has 3 rings (SSSR count). The quantitative estimate of drug-likeness (QED) is 0.752. The van der Waals surface area contributed by atoms with E-state index in [2.05, 4.69) is 5.32 Å². The van der Waals surface area contributed by atoms with E-state index in [1.807, 2.05) is 59.5 Å². The van der Waals surface area contributed by atoms with Crippen molar-refractivity contribution in [1.82, 2.24) is 10.2 Å². The Morgan fingerprint density at radius 2 is 1.78 bits per heavy atom. The largest absolute Gasteiger partial charge is 0.497 e. The molecular weight excluding hydrogens is 340 g/mol. The number of benzene rings is 2. The van der Waals surface area contributed by atoms with Gasteiger partial charge >= 0.3 is 0 Å². The molecule has 0 bridgehead atoms. The highest BCUT2D eigenvalue weighted by Crippen LogP contribution is 2.19. The number of hydrogen-bond donors (Lipinski definition) is 2. The maximum atomic E-state index is 13.1. The molecule has 2 N–H and O–H groups in total. The summed E-state index contributed by atoms with van der Waals surface area (Å²) in [7, 11) is 1.64. The molecule has 5 heteroatoms. The molecule has 1 amide bonds. The summed E-state index contributed by atoms with van der Waals surface area (Å²) in [6, 6.07) is 16.9. The first-order valence-corrected chi connectivity index (χ1v) is 9.55. The number of nitrogens with one attached hydrogen (secondary N) is 1. The minimum Gasteiger partial charge on any atom is -0.497 e. The minimum absolute atomic E-state index is 0.0591. The van der Waals surface area contributed by atoms with E-state index in [1.54, 1.807) is 7.11 Å². The van der Waals surface area contributed by atoms with E-state index in [0.29, 0.717) is 6.42 Å². The van der Waals surface area contributed by atoms with Gasteiger partial charge in [0.2, 0.25) is 5.91 Å². The van der Waals surface area contributed by atoms with Gasteiger partial charge in [-0.05, 0) is 42.5 Å². The summed E-state index contributed by atoms with van der Waals surface area (Å²) in [6.07, 6.45) is 2.69. The van der Waals surface area contributed by atoms with Gasteiger partial charge in [0.25, 0.3) is 0 Å². The molecule has 1 fully saturated rings. The lowest BCUT2D eigenvalue weighted by molar-refractivity contribution is -0.132. The van der Waals surface area contributed by atoms with Gasteiger partial charge < -0.3 is 14.7 Å². The van der Waals surface area contributed by atoms with Crippen LogP contribution in [0.15, 0.2) is 54.6 Å². The number of aliphatic hydroxyl groups is 1. The van der Waals surface area contributed by atoms with Crippen LogP contribution in [0.2, 0.25) is 0 Å². The maximum Gasteiger partial charge on any atom is 0.240 e. The number of carbonyl (C=O) groups is 1. The van der Waals surface area contributed by atoms with E-state index in [9.17, 15) is 9.90 Å². The van der Waals surface area contributed by atoms with Crippen molar-refractivity contribution >= 4 is 5.91 Å². The van der Waals surface area contributed by atoms with Crippen LogP contribution in [-0.4, -0.2) is 48.8 Å².